The molecule has 0 radical (unpaired) electrons. The second kappa shape index (κ2) is 6.28. The Balaban J connectivity index is 1.71. The van der Waals surface area contributed by atoms with Crippen LogP contribution in [-0.2, 0) is 6.54 Å². The molecule has 0 unspecified atom stereocenters. The van der Waals surface area contributed by atoms with Gasteiger partial charge in [0, 0.05) is 33.8 Å². The zero-order valence-corrected chi connectivity index (χ0v) is 16.3. The van der Waals surface area contributed by atoms with Crippen LogP contribution in [0.15, 0.2) is 57.7 Å². The fraction of sp³-hybridized carbons (Fsp3) is 0.174. The third kappa shape index (κ3) is 2.56. The van der Waals surface area contributed by atoms with E-state index in [4.69, 9.17) is 20.8 Å². The standard InChI is InChI=1S/C23H18ClNO3/c1-13-7-8-16(24)10-20(13)25-11-15-9-19-17-5-3-4-6-18(17)23(26)28-22(19)14(2)21(15)27-12-25/h3-10H,11-12H2,1-2H3. The van der Waals surface area contributed by atoms with Crippen molar-refractivity contribution in [3.63, 3.8) is 0 Å². The second-order valence-corrected chi connectivity index (χ2v) is 7.64. The van der Waals surface area contributed by atoms with Crippen molar-refractivity contribution in [1.29, 1.82) is 0 Å². The maximum absolute atomic E-state index is 12.4. The van der Waals surface area contributed by atoms with Crippen molar-refractivity contribution in [3.05, 3.63) is 80.7 Å². The van der Waals surface area contributed by atoms with Crippen LogP contribution in [0.3, 0.4) is 0 Å². The number of benzene rings is 3. The lowest BCUT2D eigenvalue weighted by Gasteiger charge is -2.33. The topological polar surface area (TPSA) is 42.7 Å². The van der Waals surface area contributed by atoms with Crippen LogP contribution in [0.25, 0.3) is 21.7 Å². The lowest BCUT2D eigenvalue weighted by atomic mass is 9.99. The molecule has 4 nitrogen and oxygen atoms in total. The number of rotatable bonds is 1. The largest absolute Gasteiger partial charge is 0.472 e. The molecule has 0 atom stereocenters. The summed E-state index contributed by atoms with van der Waals surface area (Å²) in [7, 11) is 0. The van der Waals surface area contributed by atoms with Crippen LogP contribution in [0.1, 0.15) is 16.7 Å². The van der Waals surface area contributed by atoms with Crippen molar-refractivity contribution in [3.8, 4) is 5.75 Å². The van der Waals surface area contributed by atoms with E-state index in [0.29, 0.717) is 29.3 Å². The summed E-state index contributed by atoms with van der Waals surface area (Å²) in [6, 6.07) is 15.5. The zero-order valence-electron chi connectivity index (χ0n) is 15.6. The summed E-state index contributed by atoms with van der Waals surface area (Å²) >= 11 is 6.21. The van der Waals surface area contributed by atoms with Gasteiger partial charge >= 0.3 is 5.63 Å². The first-order valence-corrected chi connectivity index (χ1v) is 9.52. The molecule has 28 heavy (non-hydrogen) atoms. The van der Waals surface area contributed by atoms with E-state index in [1.54, 1.807) is 6.07 Å². The molecule has 2 heterocycles. The molecule has 0 saturated carbocycles. The molecule has 5 heteroatoms. The van der Waals surface area contributed by atoms with E-state index in [1.807, 2.05) is 43.3 Å². The average Bonchev–Trinajstić information content (AvgIpc) is 2.71. The van der Waals surface area contributed by atoms with E-state index in [-0.39, 0.29) is 5.63 Å². The van der Waals surface area contributed by atoms with Gasteiger partial charge in [-0.2, -0.15) is 0 Å². The van der Waals surface area contributed by atoms with Gasteiger partial charge in [0.2, 0.25) is 0 Å². The SMILES string of the molecule is Cc1ccc(Cl)cc1N1COc2c(cc3c(oc(=O)c4ccccc43)c2C)C1. The van der Waals surface area contributed by atoms with Crippen LogP contribution in [0, 0.1) is 13.8 Å². The number of fused-ring (bicyclic) bond motifs is 4. The van der Waals surface area contributed by atoms with E-state index in [1.165, 1.54) is 0 Å². The minimum Gasteiger partial charge on any atom is -0.472 e. The predicted octanol–water partition coefficient (Wildman–Crippen LogP) is 5.57. The molecule has 0 spiro atoms. The Labute approximate surface area is 166 Å². The van der Waals surface area contributed by atoms with Gasteiger partial charge in [-0.15, -0.1) is 0 Å². The smallest absolute Gasteiger partial charge is 0.344 e. The highest BCUT2D eigenvalue weighted by atomic mass is 35.5. The van der Waals surface area contributed by atoms with Crippen LogP contribution in [-0.4, -0.2) is 6.73 Å². The molecule has 0 bridgehead atoms. The van der Waals surface area contributed by atoms with Gasteiger partial charge in [-0.05, 0) is 49.1 Å². The number of nitrogens with zero attached hydrogens (tertiary/aromatic N) is 1. The highest BCUT2D eigenvalue weighted by molar-refractivity contribution is 6.30. The number of ether oxygens (including phenoxy) is 1. The third-order valence-electron chi connectivity index (χ3n) is 5.41. The fourth-order valence-corrected chi connectivity index (χ4v) is 4.18. The summed E-state index contributed by atoms with van der Waals surface area (Å²) in [6.07, 6.45) is 0. The maximum Gasteiger partial charge on any atom is 0.344 e. The normalized spacial score (nSPS) is 13.6. The molecule has 1 aromatic heterocycles. The zero-order chi connectivity index (χ0) is 19.4. The molecule has 4 aromatic rings. The molecule has 0 aliphatic carbocycles. The van der Waals surface area contributed by atoms with Gasteiger partial charge in [0.05, 0.1) is 5.39 Å². The average molecular weight is 392 g/mol. The van der Waals surface area contributed by atoms with E-state index in [0.717, 1.165) is 38.9 Å². The van der Waals surface area contributed by atoms with Gasteiger partial charge in [-0.3, -0.25) is 0 Å². The molecule has 1 aliphatic rings. The van der Waals surface area contributed by atoms with Crippen molar-refractivity contribution >= 4 is 39.0 Å². The minimum atomic E-state index is -0.321. The molecule has 1 aliphatic heterocycles. The molecule has 0 N–H and O–H groups in total. The van der Waals surface area contributed by atoms with Crippen LogP contribution in [0.2, 0.25) is 5.02 Å². The van der Waals surface area contributed by atoms with Crippen molar-refractivity contribution in [2.75, 3.05) is 11.6 Å². The number of aryl methyl sites for hydroxylation is 2. The summed E-state index contributed by atoms with van der Waals surface area (Å²) in [5.41, 5.74) is 4.39. The lowest BCUT2D eigenvalue weighted by molar-refractivity contribution is 0.287. The highest BCUT2D eigenvalue weighted by Crippen LogP contribution is 2.38. The van der Waals surface area contributed by atoms with Crippen LogP contribution >= 0.6 is 11.6 Å². The van der Waals surface area contributed by atoms with Gasteiger partial charge in [-0.1, -0.05) is 35.9 Å². The van der Waals surface area contributed by atoms with Crippen LogP contribution in [0.5, 0.6) is 5.75 Å². The molecular formula is C23H18ClNO3. The summed E-state index contributed by atoms with van der Waals surface area (Å²) < 4.78 is 11.7. The first kappa shape index (κ1) is 17.1. The van der Waals surface area contributed by atoms with Gasteiger partial charge < -0.3 is 14.1 Å². The highest BCUT2D eigenvalue weighted by Gasteiger charge is 2.24. The third-order valence-corrected chi connectivity index (χ3v) is 5.64. The molecule has 140 valence electrons. The van der Waals surface area contributed by atoms with Crippen LogP contribution < -0.4 is 15.3 Å². The summed E-state index contributed by atoms with van der Waals surface area (Å²) in [6.45, 7) is 5.12. The Hall–Kier alpha value is -2.98. The molecule has 0 amide bonds. The summed E-state index contributed by atoms with van der Waals surface area (Å²) in [4.78, 5) is 14.6. The molecular weight excluding hydrogens is 374 g/mol. The van der Waals surface area contributed by atoms with E-state index < -0.39 is 0 Å². The lowest BCUT2D eigenvalue weighted by Crippen LogP contribution is -2.32. The van der Waals surface area contributed by atoms with E-state index in [9.17, 15) is 4.79 Å². The predicted molar refractivity (Wildman–Crippen MR) is 113 cm³/mol. The molecule has 3 aromatic carbocycles. The number of anilines is 1. The molecule has 0 saturated heterocycles. The van der Waals surface area contributed by atoms with Crippen molar-refractivity contribution in [1.82, 2.24) is 0 Å². The molecule has 0 fully saturated rings. The van der Waals surface area contributed by atoms with Gasteiger partial charge in [0.25, 0.3) is 0 Å². The quantitative estimate of drug-likeness (QED) is 0.314. The van der Waals surface area contributed by atoms with Crippen molar-refractivity contribution in [2.24, 2.45) is 0 Å². The van der Waals surface area contributed by atoms with Gasteiger partial charge in [0.15, 0.2) is 6.73 Å². The second-order valence-electron chi connectivity index (χ2n) is 7.20. The van der Waals surface area contributed by atoms with Gasteiger partial charge in [-0.25, -0.2) is 4.79 Å². The number of hydrogen-bond donors (Lipinski definition) is 0. The van der Waals surface area contributed by atoms with Gasteiger partial charge in [0.1, 0.15) is 11.3 Å². The Morgan fingerprint density at radius 1 is 1.00 bits per heavy atom. The Bertz CT molecular complexity index is 1310. The molecule has 5 rings (SSSR count). The number of halogens is 1. The minimum absolute atomic E-state index is 0.321. The maximum atomic E-state index is 12.4. The first-order chi connectivity index (χ1) is 13.5. The number of hydrogen-bond acceptors (Lipinski definition) is 4. The summed E-state index contributed by atoms with van der Waals surface area (Å²) in [5, 5.41) is 3.12. The monoisotopic (exact) mass is 391 g/mol. The van der Waals surface area contributed by atoms with E-state index >= 15 is 0 Å². The Morgan fingerprint density at radius 2 is 1.79 bits per heavy atom. The van der Waals surface area contributed by atoms with Crippen LogP contribution in [0.4, 0.5) is 5.69 Å². The summed E-state index contributed by atoms with van der Waals surface area (Å²) in [5.74, 6) is 0.793. The van der Waals surface area contributed by atoms with Crippen molar-refractivity contribution in [2.45, 2.75) is 20.4 Å². The first-order valence-electron chi connectivity index (χ1n) is 9.15. The fourth-order valence-electron chi connectivity index (χ4n) is 4.02. The van der Waals surface area contributed by atoms with Crippen molar-refractivity contribution < 1.29 is 9.15 Å². The Kier molecular flexibility index (Phi) is 3.84. The Morgan fingerprint density at radius 3 is 2.61 bits per heavy atom. The van der Waals surface area contributed by atoms with E-state index in [2.05, 4.69) is 17.9 Å².